The van der Waals surface area contributed by atoms with Crippen molar-refractivity contribution in [1.29, 1.82) is 0 Å². The van der Waals surface area contributed by atoms with Crippen molar-refractivity contribution in [1.82, 2.24) is 4.90 Å². The van der Waals surface area contributed by atoms with E-state index >= 15 is 0 Å². The molecular weight excluding hydrogens is 642 g/mol. The predicted octanol–water partition coefficient (Wildman–Crippen LogP) is 7.64. The summed E-state index contributed by atoms with van der Waals surface area (Å²) in [7, 11) is 0. The molecule has 0 aliphatic heterocycles. The Balaban J connectivity index is 1.56. The van der Waals surface area contributed by atoms with E-state index in [1.807, 2.05) is 19.1 Å². The first-order valence-electron chi connectivity index (χ1n) is 14.5. The largest absolute Gasteiger partial charge is 0.489 e. The quantitative estimate of drug-likeness (QED) is 0.150. The van der Waals surface area contributed by atoms with E-state index in [1.165, 1.54) is 17.0 Å². The van der Waals surface area contributed by atoms with Crippen LogP contribution in [0.25, 0.3) is 11.1 Å². The second-order valence-electron chi connectivity index (χ2n) is 11.1. The van der Waals surface area contributed by atoms with Crippen molar-refractivity contribution in [3.05, 3.63) is 124 Å². The Labute approximate surface area is 271 Å². The number of rotatable bonds is 12. The number of carboxylic acids is 1. The van der Waals surface area contributed by atoms with Gasteiger partial charge in [0.15, 0.2) is 0 Å². The number of nitrogens with zero attached hydrogens (tertiary/aromatic N) is 1. The lowest BCUT2D eigenvalue weighted by molar-refractivity contribution is -0.143. The van der Waals surface area contributed by atoms with Crippen molar-refractivity contribution in [3.8, 4) is 16.9 Å². The van der Waals surface area contributed by atoms with E-state index < -0.39 is 53.1 Å². The van der Waals surface area contributed by atoms with Gasteiger partial charge in [0.2, 0.25) is 5.91 Å². The fourth-order valence-corrected chi connectivity index (χ4v) is 5.03. The van der Waals surface area contributed by atoms with Crippen molar-refractivity contribution in [2.75, 3.05) is 0 Å². The topological polar surface area (TPSA) is 110 Å². The molecule has 48 heavy (non-hydrogen) atoms. The predicted molar refractivity (Wildman–Crippen MR) is 164 cm³/mol. The van der Waals surface area contributed by atoms with Crippen LogP contribution in [0, 0.1) is 6.92 Å². The molecule has 0 radical (unpaired) electrons. The third-order valence-electron chi connectivity index (χ3n) is 7.39. The number of aryl methyl sites for hydroxylation is 1. The van der Waals surface area contributed by atoms with Gasteiger partial charge in [-0.25, -0.2) is 0 Å². The maximum atomic E-state index is 13.7. The molecule has 7 nitrogen and oxygen atoms in total. The third-order valence-corrected chi connectivity index (χ3v) is 7.39. The highest BCUT2D eigenvalue weighted by Crippen LogP contribution is 2.38. The Morgan fingerprint density at radius 1 is 0.792 bits per heavy atom. The zero-order valence-corrected chi connectivity index (χ0v) is 25.4. The lowest BCUT2D eigenvalue weighted by Crippen LogP contribution is -2.47. The average Bonchev–Trinajstić information content (AvgIpc) is 3.02. The number of carbonyl (C=O) groups is 3. The summed E-state index contributed by atoms with van der Waals surface area (Å²) in [5, 5.41) is 9.19. The van der Waals surface area contributed by atoms with Gasteiger partial charge in [-0.1, -0.05) is 60.2 Å². The van der Waals surface area contributed by atoms with Gasteiger partial charge in [-0.15, -0.1) is 0 Å². The summed E-state index contributed by atoms with van der Waals surface area (Å²) in [6.45, 7) is 1.52. The molecule has 0 saturated heterocycles. The molecule has 13 heteroatoms. The monoisotopic (exact) mass is 672 g/mol. The summed E-state index contributed by atoms with van der Waals surface area (Å²) in [4.78, 5) is 38.6. The van der Waals surface area contributed by atoms with Crippen LogP contribution < -0.4 is 10.5 Å². The summed E-state index contributed by atoms with van der Waals surface area (Å²) < 4.78 is 84.7. The number of benzene rings is 4. The summed E-state index contributed by atoms with van der Waals surface area (Å²) in [5.41, 5.74) is 6.14. The highest BCUT2D eigenvalue weighted by atomic mass is 19.4. The first-order chi connectivity index (χ1) is 22.5. The number of primary amides is 1. The molecule has 2 amide bonds. The van der Waals surface area contributed by atoms with E-state index in [2.05, 4.69) is 0 Å². The van der Waals surface area contributed by atoms with Gasteiger partial charge < -0.3 is 20.5 Å². The zero-order chi connectivity index (χ0) is 35.2. The molecule has 0 unspecified atom stereocenters. The van der Waals surface area contributed by atoms with E-state index in [4.69, 9.17) is 10.5 Å². The highest BCUT2D eigenvalue weighted by molar-refractivity contribution is 5.97. The van der Waals surface area contributed by atoms with Crippen LogP contribution in [0.3, 0.4) is 0 Å². The molecule has 1 atom stereocenters. The van der Waals surface area contributed by atoms with Crippen molar-refractivity contribution in [2.45, 2.75) is 51.3 Å². The number of halogens is 6. The number of amides is 2. The molecule has 4 aromatic carbocycles. The van der Waals surface area contributed by atoms with E-state index in [0.717, 1.165) is 5.56 Å². The fourth-order valence-electron chi connectivity index (χ4n) is 5.03. The first kappa shape index (κ1) is 35.5. The summed E-state index contributed by atoms with van der Waals surface area (Å²) in [6.07, 6.45) is -10.6. The van der Waals surface area contributed by atoms with Gasteiger partial charge in [-0.2, -0.15) is 26.3 Å². The Kier molecular flexibility index (Phi) is 10.8. The number of aliphatic carboxylic acids is 1. The van der Waals surface area contributed by atoms with Gasteiger partial charge in [0.05, 0.1) is 11.1 Å². The highest BCUT2D eigenvalue weighted by Gasteiger charge is 2.37. The van der Waals surface area contributed by atoms with Crippen LogP contribution in [-0.2, 0) is 35.1 Å². The molecular formula is C35H30F6N2O5. The van der Waals surface area contributed by atoms with E-state index in [1.54, 1.807) is 48.5 Å². The SMILES string of the molecule is Cc1cccc(CN(C(=O)c2ccc(-c3cccc(COc4cc(C(F)(F)F)cc(C(F)(F)F)c4)c3)cc2)[C@@H](CCC(=O)O)C(N)=O)c1. The van der Waals surface area contributed by atoms with E-state index in [0.29, 0.717) is 34.4 Å². The summed E-state index contributed by atoms with van der Waals surface area (Å²) in [6, 6.07) is 19.9. The second-order valence-corrected chi connectivity index (χ2v) is 11.1. The van der Waals surface area contributed by atoms with Crippen LogP contribution in [0.15, 0.2) is 91.0 Å². The van der Waals surface area contributed by atoms with Crippen LogP contribution in [0.5, 0.6) is 5.75 Å². The van der Waals surface area contributed by atoms with E-state index in [9.17, 15) is 45.8 Å². The van der Waals surface area contributed by atoms with Gasteiger partial charge in [0, 0.05) is 18.5 Å². The van der Waals surface area contributed by atoms with Gasteiger partial charge in [0.25, 0.3) is 5.91 Å². The van der Waals surface area contributed by atoms with E-state index in [-0.39, 0.29) is 37.6 Å². The molecule has 4 aromatic rings. The van der Waals surface area contributed by atoms with Crippen LogP contribution >= 0.6 is 0 Å². The number of carbonyl (C=O) groups excluding carboxylic acids is 2. The number of carboxylic acid groups (broad SMARTS) is 1. The molecule has 0 saturated carbocycles. The minimum atomic E-state index is -5.01. The average molecular weight is 673 g/mol. The number of hydrogen-bond donors (Lipinski definition) is 2. The molecule has 0 spiro atoms. The minimum absolute atomic E-state index is 0.00607. The molecule has 0 heterocycles. The fraction of sp³-hybridized carbons (Fsp3) is 0.229. The Morgan fingerprint density at radius 3 is 1.96 bits per heavy atom. The van der Waals surface area contributed by atoms with Crippen molar-refractivity contribution >= 4 is 17.8 Å². The number of hydrogen-bond acceptors (Lipinski definition) is 4. The first-order valence-corrected chi connectivity index (χ1v) is 14.5. The standard InChI is InChI=1S/C35H30F6N2O5/c1-21-4-2-5-22(14-21)19-43(30(32(42)46)12-13-31(44)45)33(47)25-10-8-24(9-11-25)26-7-3-6-23(15-26)20-48-29-17-27(34(36,37)38)16-28(18-29)35(39,40)41/h2-11,14-18,30H,12-13,19-20H2,1H3,(H2,42,46)(H,44,45)/t30-/m0/s1. The molecule has 0 aliphatic carbocycles. The molecule has 0 aromatic heterocycles. The Bertz CT molecular complexity index is 1760. The van der Waals surface area contributed by atoms with Crippen molar-refractivity contribution < 1.29 is 50.6 Å². The lowest BCUT2D eigenvalue weighted by Gasteiger charge is -2.30. The normalized spacial score (nSPS) is 12.3. The lowest BCUT2D eigenvalue weighted by atomic mass is 10.0. The smallest absolute Gasteiger partial charge is 0.416 e. The van der Waals surface area contributed by atoms with Crippen LogP contribution in [0.4, 0.5) is 26.3 Å². The summed E-state index contributed by atoms with van der Waals surface area (Å²) in [5.74, 6) is -3.16. The Morgan fingerprint density at radius 2 is 1.40 bits per heavy atom. The number of alkyl halides is 6. The van der Waals surface area contributed by atoms with Gasteiger partial charge in [0.1, 0.15) is 18.4 Å². The van der Waals surface area contributed by atoms with Crippen molar-refractivity contribution in [2.24, 2.45) is 5.73 Å². The number of ether oxygens (including phenoxy) is 1. The molecule has 0 bridgehead atoms. The van der Waals surface area contributed by atoms with Crippen LogP contribution in [0.1, 0.15) is 51.0 Å². The Hall–Kier alpha value is -5.33. The van der Waals surface area contributed by atoms with Gasteiger partial charge in [-0.3, -0.25) is 14.4 Å². The zero-order valence-electron chi connectivity index (χ0n) is 25.4. The maximum Gasteiger partial charge on any atom is 0.416 e. The minimum Gasteiger partial charge on any atom is -0.489 e. The maximum absolute atomic E-state index is 13.7. The van der Waals surface area contributed by atoms with Gasteiger partial charge >= 0.3 is 18.3 Å². The van der Waals surface area contributed by atoms with Crippen LogP contribution in [0.2, 0.25) is 0 Å². The molecule has 252 valence electrons. The third kappa shape index (κ3) is 9.36. The number of nitrogens with two attached hydrogens (primary N) is 1. The van der Waals surface area contributed by atoms with Crippen molar-refractivity contribution in [3.63, 3.8) is 0 Å². The summed E-state index contributed by atoms with van der Waals surface area (Å²) >= 11 is 0. The molecule has 0 aliphatic rings. The molecule has 4 rings (SSSR count). The molecule has 0 fully saturated rings. The van der Waals surface area contributed by atoms with Crippen LogP contribution in [-0.4, -0.2) is 33.8 Å². The molecule has 3 N–H and O–H groups in total. The van der Waals surface area contributed by atoms with Gasteiger partial charge in [-0.05, 0) is 72.0 Å². The second kappa shape index (κ2) is 14.6.